The smallest absolute Gasteiger partial charge is 0.306 e. The Balaban J connectivity index is 1.52. The van der Waals surface area contributed by atoms with Crippen LogP contribution in [-0.4, -0.2) is 38.3 Å². The minimum atomic E-state index is -2.71. The number of thioether (sulfide) groups is 1. The minimum absolute atomic E-state index is 0.100. The van der Waals surface area contributed by atoms with Crippen molar-refractivity contribution in [3.8, 4) is 44.5 Å². The van der Waals surface area contributed by atoms with Crippen LogP contribution in [0.2, 0.25) is 0 Å². The second-order valence-corrected chi connectivity index (χ2v) is 16.8. The van der Waals surface area contributed by atoms with Gasteiger partial charge in [0.1, 0.15) is 0 Å². The molecule has 9 rings (SSSR count). The van der Waals surface area contributed by atoms with E-state index in [1.54, 1.807) is 0 Å². The largest absolute Gasteiger partial charge is 0.466 e. The van der Waals surface area contributed by atoms with Gasteiger partial charge in [0.2, 0.25) is 17.5 Å². The van der Waals surface area contributed by atoms with E-state index in [2.05, 4.69) is 19.9 Å². The zero-order valence-corrected chi connectivity index (χ0v) is 37.4. The number of H-pyrrole nitrogens is 2. The van der Waals surface area contributed by atoms with Crippen LogP contribution in [0.25, 0.3) is 90.9 Å². The highest BCUT2D eigenvalue weighted by atomic mass is 32.2. The third kappa shape index (κ3) is 8.24. The number of halogens is 19. The summed E-state index contributed by atoms with van der Waals surface area (Å²) >= 11 is 0.100. The summed E-state index contributed by atoms with van der Waals surface area (Å²) in [5, 5.41) is 0. The maximum atomic E-state index is 16.6. The lowest BCUT2D eigenvalue weighted by atomic mass is 10.0. The van der Waals surface area contributed by atoms with Gasteiger partial charge in [-0.15, -0.1) is 11.8 Å². The summed E-state index contributed by atoms with van der Waals surface area (Å²) in [6, 6.07) is 2.68. The van der Waals surface area contributed by atoms with Crippen LogP contribution in [-0.2, 0) is 9.53 Å². The summed E-state index contributed by atoms with van der Waals surface area (Å²) in [6.07, 6.45) is 2.03. The van der Waals surface area contributed by atoms with Crippen molar-refractivity contribution in [1.82, 2.24) is 19.9 Å². The maximum Gasteiger partial charge on any atom is 0.306 e. The first-order chi connectivity index (χ1) is 35.5. The van der Waals surface area contributed by atoms with Crippen molar-refractivity contribution in [3.05, 3.63) is 158 Å². The molecule has 3 aromatic heterocycles. The highest BCUT2D eigenvalue weighted by Gasteiger charge is 2.35. The SMILES string of the molecule is CCOC(=O)CCSc1c(F)c(F)c(-c2c3nc(c(-c4c(F)c(F)c(F)c(F)c4F)c4ccc([nH]4)c(-c4c(F)c(F)c(F)c(F)c4F)c4nc(c(-c5c(F)c(F)c(F)c(F)c5F)c5ccc2[nH]5)C=C4)C=C3)c(F)c1F. The number of esters is 1. The van der Waals surface area contributed by atoms with E-state index >= 15 is 70.2 Å². The molecule has 2 aliphatic rings. The normalized spacial score (nSPS) is 12.2. The Kier molecular flexibility index (Phi) is 13.4. The van der Waals surface area contributed by atoms with E-state index in [-0.39, 0.29) is 18.4 Å². The van der Waals surface area contributed by atoms with Crippen molar-refractivity contribution >= 4 is 64.1 Å². The molecular weight excluding hydrogens is 1070 g/mol. The van der Waals surface area contributed by atoms with Gasteiger partial charge in [-0.25, -0.2) is 93.4 Å². The molecular formula is C49H19F19N4O2S. The molecule has 386 valence electrons. The molecule has 8 bridgehead atoms. The van der Waals surface area contributed by atoms with Crippen LogP contribution in [0.5, 0.6) is 0 Å². The van der Waals surface area contributed by atoms with Gasteiger partial charge in [0.05, 0.1) is 63.0 Å². The van der Waals surface area contributed by atoms with Crippen molar-refractivity contribution in [3.63, 3.8) is 0 Å². The third-order valence-electron chi connectivity index (χ3n) is 11.5. The molecule has 0 fully saturated rings. The number of aromatic nitrogens is 4. The zero-order valence-electron chi connectivity index (χ0n) is 36.5. The van der Waals surface area contributed by atoms with Crippen LogP contribution >= 0.6 is 11.8 Å². The number of benzene rings is 4. The van der Waals surface area contributed by atoms with Gasteiger partial charge in [-0.05, 0) is 55.5 Å². The van der Waals surface area contributed by atoms with Crippen LogP contribution in [0.4, 0.5) is 83.4 Å². The monoisotopic (exact) mass is 1090 g/mol. The van der Waals surface area contributed by atoms with Crippen molar-refractivity contribution in [2.75, 3.05) is 12.4 Å². The van der Waals surface area contributed by atoms with Crippen LogP contribution in [0, 0.1) is 111 Å². The molecule has 2 N–H and O–H groups in total. The fourth-order valence-electron chi connectivity index (χ4n) is 8.16. The number of fused-ring (bicyclic) bond motifs is 8. The van der Waals surface area contributed by atoms with Gasteiger partial charge in [-0.2, -0.15) is 0 Å². The van der Waals surface area contributed by atoms with Gasteiger partial charge < -0.3 is 14.7 Å². The summed E-state index contributed by atoms with van der Waals surface area (Å²) in [7, 11) is 0. The lowest BCUT2D eigenvalue weighted by Crippen LogP contribution is -2.07. The number of hydrogen-bond donors (Lipinski definition) is 2. The number of nitrogens with zero attached hydrogens (tertiary/aromatic N) is 2. The lowest BCUT2D eigenvalue weighted by molar-refractivity contribution is -0.142. The molecule has 0 unspecified atom stereocenters. The topological polar surface area (TPSA) is 83.7 Å². The predicted molar refractivity (Wildman–Crippen MR) is 232 cm³/mol. The second-order valence-electron chi connectivity index (χ2n) is 15.7. The molecule has 5 heterocycles. The summed E-state index contributed by atoms with van der Waals surface area (Å²) in [4.78, 5) is 23.2. The minimum Gasteiger partial charge on any atom is -0.466 e. The summed E-state index contributed by atoms with van der Waals surface area (Å²) in [5.74, 6) is -49.5. The van der Waals surface area contributed by atoms with Crippen LogP contribution in [0.3, 0.4) is 0 Å². The van der Waals surface area contributed by atoms with E-state index in [1.165, 1.54) is 6.92 Å². The Morgan fingerprint density at radius 1 is 0.387 bits per heavy atom. The quantitative estimate of drug-likeness (QED) is 0.0495. The summed E-state index contributed by atoms with van der Waals surface area (Å²) in [5.41, 5.74) is -19.8. The average molecular weight is 1090 g/mol. The van der Waals surface area contributed by atoms with Crippen LogP contribution < -0.4 is 0 Å². The van der Waals surface area contributed by atoms with Gasteiger partial charge in [0.25, 0.3) is 0 Å². The molecule has 6 nitrogen and oxygen atoms in total. The Hall–Kier alpha value is -8.03. The molecule has 4 aromatic carbocycles. The van der Waals surface area contributed by atoms with Gasteiger partial charge in [0.15, 0.2) is 93.1 Å². The Morgan fingerprint density at radius 3 is 0.880 bits per heavy atom. The van der Waals surface area contributed by atoms with Crippen LogP contribution in [0.15, 0.2) is 29.2 Å². The van der Waals surface area contributed by atoms with Gasteiger partial charge in [-0.1, -0.05) is 0 Å². The Morgan fingerprint density at radius 2 is 0.627 bits per heavy atom. The molecule has 26 heteroatoms. The van der Waals surface area contributed by atoms with E-state index in [0.717, 1.165) is 0 Å². The van der Waals surface area contributed by atoms with Gasteiger partial charge in [-0.3, -0.25) is 4.79 Å². The van der Waals surface area contributed by atoms with Crippen LogP contribution in [0.1, 0.15) is 36.1 Å². The van der Waals surface area contributed by atoms with Crippen molar-refractivity contribution in [1.29, 1.82) is 0 Å². The molecule has 7 aromatic rings. The molecule has 0 saturated carbocycles. The van der Waals surface area contributed by atoms with Crippen molar-refractivity contribution in [2.24, 2.45) is 0 Å². The fraction of sp³-hybridized carbons (Fsp3) is 0.0816. The Labute approximate surface area is 408 Å². The van der Waals surface area contributed by atoms with E-state index in [1.807, 2.05) is 0 Å². The summed E-state index contributed by atoms with van der Waals surface area (Å²) < 4.78 is 299. The molecule has 0 amide bonds. The van der Waals surface area contributed by atoms with E-state index in [9.17, 15) is 18.0 Å². The maximum absolute atomic E-state index is 16.6. The number of hydrogen-bond acceptors (Lipinski definition) is 5. The van der Waals surface area contributed by atoms with Gasteiger partial charge in [0, 0.05) is 50.1 Å². The number of nitrogens with one attached hydrogen (secondary N) is 2. The van der Waals surface area contributed by atoms with Crippen molar-refractivity contribution in [2.45, 2.75) is 18.2 Å². The molecule has 2 aliphatic heterocycles. The first kappa shape index (κ1) is 51.9. The Bertz CT molecular complexity index is 3740. The highest BCUT2D eigenvalue weighted by Crippen LogP contribution is 2.45. The molecule has 0 radical (unpaired) electrons. The molecule has 0 saturated heterocycles. The number of aromatic amines is 2. The first-order valence-electron chi connectivity index (χ1n) is 20.9. The number of carbonyl (C=O) groups is 1. The van der Waals surface area contributed by atoms with E-state index in [0.29, 0.717) is 48.6 Å². The predicted octanol–water partition coefficient (Wildman–Crippen LogP) is 15.0. The molecule has 0 atom stereocenters. The third-order valence-corrected chi connectivity index (χ3v) is 12.5. The average Bonchev–Trinajstić information content (AvgIpc) is 4.25. The zero-order chi connectivity index (χ0) is 54.4. The molecule has 0 spiro atoms. The molecule has 0 aliphatic carbocycles. The lowest BCUT2D eigenvalue weighted by Gasteiger charge is -2.13. The van der Waals surface area contributed by atoms with E-state index < -0.39 is 223 Å². The van der Waals surface area contributed by atoms with Gasteiger partial charge >= 0.3 is 5.97 Å². The highest BCUT2D eigenvalue weighted by molar-refractivity contribution is 7.99. The van der Waals surface area contributed by atoms with Crippen molar-refractivity contribution < 1.29 is 92.9 Å². The number of ether oxygens (including phenoxy) is 1. The molecule has 75 heavy (non-hydrogen) atoms. The van der Waals surface area contributed by atoms with E-state index in [4.69, 9.17) is 4.74 Å². The first-order valence-corrected chi connectivity index (χ1v) is 21.9. The standard InChI is InChI=1S/C49H19F19N4O2S/c1-2-74-21(73)11-12-75-49-47(67)36(56)29(37(57)48(49)68)25-19-9-7-17(71-19)23(27-32(52)40(60)45(65)41(61)33(27)53)15-5-3-13(69-15)22(26-30(50)38(58)44(64)39(59)31(26)51)14-4-6-16(70-14)24(18-8-10-20(25)72-18)28-34(54)42(62)46(66)43(63)35(28)55/h3-10,69,72H,2,11-12H2,1H3. The number of carbonyl (C=O) groups excluding carboxylic acids is 1. The summed E-state index contributed by atoms with van der Waals surface area (Å²) in [6.45, 7) is 1.33. The second kappa shape index (κ2) is 19.3. The number of rotatable bonds is 9. The fourth-order valence-corrected chi connectivity index (χ4v) is 9.06.